The standard InChI is InChI=1S/C31H32N8O2/c1-31(2,3)41-30(40)37-13-11-21(12-14-37)27-24(16-32)26(28-29(33)34-19-35-39(27)28)22-9-10-23-18-38(36-25(23)15-22)17-20-7-5-4-6-8-20/h4-10,15,18-19,21H,11-14,17H2,1-3H3,(H2,33,34,35). The molecule has 0 radical (unpaired) electrons. The Balaban J connectivity index is 1.37. The van der Waals surface area contributed by atoms with Crippen molar-refractivity contribution < 1.29 is 9.53 Å². The first-order valence-electron chi connectivity index (χ1n) is 13.8. The Morgan fingerprint density at radius 3 is 2.61 bits per heavy atom. The van der Waals surface area contributed by atoms with Gasteiger partial charge in [0.25, 0.3) is 0 Å². The highest BCUT2D eigenvalue weighted by molar-refractivity contribution is 5.96. The average molecular weight is 549 g/mol. The van der Waals surface area contributed by atoms with Gasteiger partial charge in [-0.05, 0) is 50.8 Å². The number of rotatable bonds is 4. The number of anilines is 1. The summed E-state index contributed by atoms with van der Waals surface area (Å²) >= 11 is 0. The lowest BCUT2D eigenvalue weighted by Gasteiger charge is -2.33. The van der Waals surface area contributed by atoms with Crippen LogP contribution in [-0.2, 0) is 11.3 Å². The van der Waals surface area contributed by atoms with E-state index < -0.39 is 5.60 Å². The number of nitrogen functional groups attached to an aromatic ring is 1. The van der Waals surface area contributed by atoms with E-state index in [1.54, 1.807) is 9.42 Å². The van der Waals surface area contributed by atoms with Gasteiger partial charge in [0.15, 0.2) is 5.82 Å². The van der Waals surface area contributed by atoms with Crippen LogP contribution in [0.15, 0.2) is 61.1 Å². The number of hydrogen-bond acceptors (Lipinski definition) is 7. The second-order valence-corrected chi connectivity index (χ2v) is 11.5. The van der Waals surface area contributed by atoms with E-state index in [2.05, 4.69) is 28.3 Å². The van der Waals surface area contributed by atoms with Crippen LogP contribution in [0, 0.1) is 11.3 Å². The molecule has 1 saturated heterocycles. The zero-order chi connectivity index (χ0) is 28.7. The predicted molar refractivity (Wildman–Crippen MR) is 156 cm³/mol. The number of likely N-dealkylation sites (tertiary alicyclic amines) is 1. The van der Waals surface area contributed by atoms with Crippen molar-refractivity contribution in [3.63, 3.8) is 0 Å². The quantitative estimate of drug-likeness (QED) is 0.320. The van der Waals surface area contributed by atoms with Gasteiger partial charge >= 0.3 is 6.09 Å². The van der Waals surface area contributed by atoms with Gasteiger partial charge in [-0.25, -0.2) is 14.3 Å². The second-order valence-electron chi connectivity index (χ2n) is 11.5. The number of carbonyl (C=O) groups is 1. The maximum Gasteiger partial charge on any atom is 0.410 e. The van der Waals surface area contributed by atoms with Crippen molar-refractivity contribution in [2.24, 2.45) is 0 Å². The van der Waals surface area contributed by atoms with Gasteiger partial charge in [-0.3, -0.25) is 4.68 Å². The number of fused-ring (bicyclic) bond motifs is 2. The third-order valence-electron chi connectivity index (χ3n) is 7.47. The van der Waals surface area contributed by atoms with E-state index >= 15 is 0 Å². The number of nitrogens with two attached hydrogens (primary N) is 1. The molecule has 6 rings (SSSR count). The third-order valence-corrected chi connectivity index (χ3v) is 7.47. The van der Waals surface area contributed by atoms with Crippen LogP contribution in [-0.4, -0.2) is 54.1 Å². The number of amides is 1. The van der Waals surface area contributed by atoms with Crippen LogP contribution >= 0.6 is 0 Å². The third kappa shape index (κ3) is 5.07. The van der Waals surface area contributed by atoms with Crippen molar-refractivity contribution in [3.05, 3.63) is 77.9 Å². The van der Waals surface area contributed by atoms with E-state index in [1.807, 2.05) is 68.0 Å². The summed E-state index contributed by atoms with van der Waals surface area (Å²) in [7, 11) is 0. The van der Waals surface area contributed by atoms with Crippen molar-refractivity contribution >= 4 is 28.3 Å². The Labute approximate surface area is 238 Å². The highest BCUT2D eigenvalue weighted by atomic mass is 16.6. The van der Waals surface area contributed by atoms with Gasteiger partial charge in [0.2, 0.25) is 0 Å². The minimum absolute atomic E-state index is 0.00713. The Hall–Kier alpha value is -4.91. The molecule has 0 aliphatic carbocycles. The molecule has 41 heavy (non-hydrogen) atoms. The number of piperidine rings is 1. The molecule has 0 saturated carbocycles. The number of nitrogens with zero attached hydrogens (tertiary/aromatic N) is 7. The van der Waals surface area contributed by atoms with Crippen LogP contribution in [0.4, 0.5) is 10.6 Å². The van der Waals surface area contributed by atoms with Crippen molar-refractivity contribution in [2.45, 2.75) is 51.7 Å². The molecule has 0 atom stereocenters. The Kier molecular flexibility index (Phi) is 6.58. The lowest BCUT2D eigenvalue weighted by atomic mass is 9.89. The molecule has 0 bridgehead atoms. The molecule has 1 amide bonds. The summed E-state index contributed by atoms with van der Waals surface area (Å²) in [6.45, 7) is 7.30. The van der Waals surface area contributed by atoms with Crippen molar-refractivity contribution in [3.8, 4) is 17.2 Å². The predicted octanol–water partition coefficient (Wildman–Crippen LogP) is 5.36. The van der Waals surface area contributed by atoms with Gasteiger partial charge in [-0.2, -0.15) is 15.5 Å². The Bertz CT molecular complexity index is 1780. The Morgan fingerprint density at radius 2 is 1.90 bits per heavy atom. The van der Waals surface area contributed by atoms with Crippen LogP contribution < -0.4 is 5.73 Å². The normalized spacial score (nSPS) is 14.4. The first kappa shape index (κ1) is 26.3. The van der Waals surface area contributed by atoms with E-state index in [-0.39, 0.29) is 12.0 Å². The summed E-state index contributed by atoms with van der Waals surface area (Å²) in [6.07, 6.45) is 4.47. The van der Waals surface area contributed by atoms with Crippen LogP contribution in [0.1, 0.15) is 56.4 Å². The smallest absolute Gasteiger partial charge is 0.410 e. The molecule has 0 spiro atoms. The minimum Gasteiger partial charge on any atom is -0.444 e. The van der Waals surface area contributed by atoms with E-state index in [0.717, 1.165) is 27.7 Å². The number of carbonyl (C=O) groups excluding carboxylic acids is 1. The molecule has 10 nitrogen and oxygen atoms in total. The van der Waals surface area contributed by atoms with Crippen molar-refractivity contribution in [1.29, 1.82) is 5.26 Å². The van der Waals surface area contributed by atoms with Crippen molar-refractivity contribution in [1.82, 2.24) is 29.3 Å². The molecule has 4 heterocycles. The lowest BCUT2D eigenvalue weighted by molar-refractivity contribution is 0.0203. The number of hydrogen-bond donors (Lipinski definition) is 1. The average Bonchev–Trinajstić information content (AvgIpc) is 3.51. The summed E-state index contributed by atoms with van der Waals surface area (Å²) in [4.78, 5) is 18.6. The monoisotopic (exact) mass is 548 g/mol. The molecule has 3 aromatic heterocycles. The fraction of sp³-hybridized carbons (Fsp3) is 0.323. The summed E-state index contributed by atoms with van der Waals surface area (Å²) in [5, 5.41) is 20.8. The van der Waals surface area contributed by atoms with Crippen molar-refractivity contribution in [2.75, 3.05) is 18.8 Å². The van der Waals surface area contributed by atoms with Crippen LogP contribution in [0.5, 0.6) is 0 Å². The molecule has 1 fully saturated rings. The summed E-state index contributed by atoms with van der Waals surface area (Å²) < 4.78 is 9.26. The first-order valence-corrected chi connectivity index (χ1v) is 13.8. The maximum atomic E-state index is 12.6. The molecule has 10 heteroatoms. The van der Waals surface area contributed by atoms with Crippen LogP contribution in [0.25, 0.3) is 27.5 Å². The summed E-state index contributed by atoms with van der Waals surface area (Å²) in [5.74, 6) is 0.311. The van der Waals surface area contributed by atoms with E-state index in [1.165, 1.54) is 6.33 Å². The topological polar surface area (TPSA) is 127 Å². The second kappa shape index (κ2) is 10.2. The molecule has 1 aliphatic heterocycles. The fourth-order valence-electron chi connectivity index (χ4n) is 5.64. The summed E-state index contributed by atoms with van der Waals surface area (Å²) in [6, 6.07) is 18.6. The number of nitriles is 1. The zero-order valence-electron chi connectivity index (χ0n) is 23.4. The molecule has 5 aromatic rings. The van der Waals surface area contributed by atoms with Gasteiger partial charge in [0.05, 0.1) is 23.3 Å². The van der Waals surface area contributed by atoms with Crippen LogP contribution in [0.3, 0.4) is 0 Å². The van der Waals surface area contributed by atoms with Gasteiger partial charge in [0.1, 0.15) is 23.5 Å². The minimum atomic E-state index is -0.554. The van der Waals surface area contributed by atoms with E-state index in [0.29, 0.717) is 54.9 Å². The van der Waals surface area contributed by atoms with Gasteiger partial charge < -0.3 is 15.4 Å². The maximum absolute atomic E-state index is 12.6. The SMILES string of the molecule is CC(C)(C)OC(=O)N1CCC(c2c(C#N)c(-c3ccc4cn(Cc5ccccc5)nc4c3)c3c(N)ncnn23)CC1. The molecule has 2 N–H and O–H groups in total. The first-order chi connectivity index (χ1) is 19.7. The lowest BCUT2D eigenvalue weighted by Crippen LogP contribution is -2.41. The van der Waals surface area contributed by atoms with Crippen LogP contribution in [0.2, 0.25) is 0 Å². The largest absolute Gasteiger partial charge is 0.444 e. The highest BCUT2D eigenvalue weighted by Crippen LogP contribution is 2.41. The number of ether oxygens (including phenoxy) is 1. The zero-order valence-corrected chi connectivity index (χ0v) is 23.4. The van der Waals surface area contributed by atoms with E-state index in [9.17, 15) is 10.1 Å². The summed E-state index contributed by atoms with van der Waals surface area (Å²) in [5.41, 5.74) is 11.3. The number of benzene rings is 2. The molecule has 1 aliphatic rings. The van der Waals surface area contributed by atoms with Gasteiger partial charge in [-0.15, -0.1) is 0 Å². The van der Waals surface area contributed by atoms with Gasteiger partial charge in [-0.1, -0.05) is 42.5 Å². The highest BCUT2D eigenvalue weighted by Gasteiger charge is 2.33. The number of aromatic nitrogens is 5. The van der Waals surface area contributed by atoms with Gasteiger partial charge in [0, 0.05) is 36.2 Å². The Morgan fingerprint density at radius 1 is 1.15 bits per heavy atom. The molecular weight excluding hydrogens is 516 g/mol. The molecule has 0 unspecified atom stereocenters. The molecule has 208 valence electrons. The molecular formula is C31H32N8O2. The molecule has 2 aromatic carbocycles. The fourth-order valence-corrected chi connectivity index (χ4v) is 5.64. The van der Waals surface area contributed by atoms with E-state index in [4.69, 9.17) is 15.6 Å².